The molecule has 0 radical (unpaired) electrons. The van der Waals surface area contributed by atoms with Crippen LogP contribution in [0, 0.1) is 11.3 Å². The van der Waals surface area contributed by atoms with Gasteiger partial charge >= 0.3 is 6.18 Å². The van der Waals surface area contributed by atoms with E-state index in [1.165, 1.54) is 31.4 Å². The van der Waals surface area contributed by atoms with Gasteiger partial charge in [-0.3, -0.25) is 4.79 Å². The lowest BCUT2D eigenvalue weighted by Gasteiger charge is -2.13. The number of alkyl halides is 3. The summed E-state index contributed by atoms with van der Waals surface area (Å²) in [5.74, 6) is 0.167. The number of benzene rings is 2. The average molecular weight is 305 g/mol. The van der Waals surface area contributed by atoms with Crippen molar-refractivity contribution in [2.45, 2.75) is 6.18 Å². The maximum absolute atomic E-state index is 12.9. The number of ether oxygens (including phenoxy) is 1. The molecule has 0 atom stereocenters. The lowest BCUT2D eigenvalue weighted by Crippen LogP contribution is -2.06. The van der Waals surface area contributed by atoms with Crippen molar-refractivity contribution in [1.29, 1.82) is 5.26 Å². The molecule has 2 aromatic carbocycles. The molecule has 3 nitrogen and oxygen atoms in total. The largest absolute Gasteiger partial charge is 0.495 e. The number of hydrogen-bond donors (Lipinski definition) is 0. The highest BCUT2D eigenvalue weighted by molar-refractivity contribution is 5.86. The van der Waals surface area contributed by atoms with Gasteiger partial charge in [0.1, 0.15) is 5.75 Å². The molecule has 0 saturated heterocycles. The van der Waals surface area contributed by atoms with Crippen molar-refractivity contribution < 1.29 is 22.7 Å². The molecular weight excluding hydrogens is 295 g/mol. The first-order valence-corrected chi connectivity index (χ1v) is 6.15. The lowest BCUT2D eigenvalue weighted by molar-refractivity contribution is -0.137. The summed E-state index contributed by atoms with van der Waals surface area (Å²) in [6.45, 7) is 0. The normalized spacial score (nSPS) is 10.9. The summed E-state index contributed by atoms with van der Waals surface area (Å²) in [7, 11) is 1.32. The Balaban J connectivity index is 2.73. The fourth-order valence-corrected chi connectivity index (χ4v) is 2.11. The maximum atomic E-state index is 12.9. The number of methoxy groups -OCH3 is 1. The molecule has 0 fully saturated rings. The molecule has 6 heteroatoms. The summed E-state index contributed by atoms with van der Waals surface area (Å²) < 4.78 is 43.9. The van der Waals surface area contributed by atoms with E-state index >= 15 is 0 Å². The third kappa shape index (κ3) is 2.93. The predicted octanol–water partition coefficient (Wildman–Crippen LogP) is 4.07. The summed E-state index contributed by atoms with van der Waals surface area (Å²) >= 11 is 0. The van der Waals surface area contributed by atoms with Crippen molar-refractivity contribution in [1.82, 2.24) is 0 Å². The number of carbonyl (C=O) groups excluding carboxylic acids is 1. The molecule has 0 spiro atoms. The van der Waals surface area contributed by atoms with Crippen LogP contribution in [-0.4, -0.2) is 13.4 Å². The van der Waals surface area contributed by atoms with Crippen LogP contribution in [0.25, 0.3) is 11.1 Å². The molecule has 0 amide bonds. The molecule has 0 aliphatic rings. The Morgan fingerprint density at radius 1 is 1.23 bits per heavy atom. The molecule has 0 aromatic heterocycles. The molecule has 2 aromatic rings. The number of nitriles is 1. The molecule has 0 saturated carbocycles. The van der Waals surface area contributed by atoms with Crippen molar-refractivity contribution in [3.05, 3.63) is 53.1 Å². The Bertz CT molecular complexity index is 761. The number of nitrogens with zero attached hydrogens (tertiary/aromatic N) is 1. The van der Waals surface area contributed by atoms with Crippen LogP contribution in [0.2, 0.25) is 0 Å². The van der Waals surface area contributed by atoms with Crippen LogP contribution in [0.4, 0.5) is 13.2 Å². The molecule has 0 bridgehead atoms. The zero-order valence-corrected chi connectivity index (χ0v) is 11.4. The molecule has 112 valence electrons. The summed E-state index contributed by atoms with van der Waals surface area (Å²) in [4.78, 5) is 11.0. The number of halogens is 3. The fourth-order valence-electron chi connectivity index (χ4n) is 2.11. The molecule has 0 aliphatic heterocycles. The topological polar surface area (TPSA) is 50.1 Å². The molecule has 0 unspecified atom stereocenters. The van der Waals surface area contributed by atoms with Gasteiger partial charge < -0.3 is 4.74 Å². The van der Waals surface area contributed by atoms with Gasteiger partial charge in [0.2, 0.25) is 0 Å². The molecule has 0 heterocycles. The standard InChI is InChI=1S/C16H10F3NO2/c1-22-15-11(9-21)3-2-4-14(15)12-5-10(8-20)6-13(7-12)16(17,18)19/h2-7,9H,1H3. The van der Waals surface area contributed by atoms with E-state index in [9.17, 15) is 18.0 Å². The van der Waals surface area contributed by atoms with Crippen LogP contribution < -0.4 is 4.74 Å². The summed E-state index contributed by atoms with van der Waals surface area (Å²) in [5.41, 5.74) is -0.360. The Morgan fingerprint density at radius 3 is 2.50 bits per heavy atom. The van der Waals surface area contributed by atoms with Crippen LogP contribution >= 0.6 is 0 Å². The van der Waals surface area contributed by atoms with Gasteiger partial charge in [0, 0.05) is 5.56 Å². The molecule has 0 N–H and O–H groups in total. The van der Waals surface area contributed by atoms with Gasteiger partial charge in [-0.05, 0) is 29.8 Å². The Kier molecular flexibility index (Phi) is 4.18. The van der Waals surface area contributed by atoms with E-state index in [-0.39, 0.29) is 22.4 Å². The highest BCUT2D eigenvalue weighted by Crippen LogP contribution is 2.37. The summed E-state index contributed by atoms with van der Waals surface area (Å²) in [5, 5.41) is 8.92. The minimum atomic E-state index is -4.57. The van der Waals surface area contributed by atoms with Crippen LogP contribution in [-0.2, 0) is 6.18 Å². The van der Waals surface area contributed by atoms with E-state index in [0.29, 0.717) is 11.8 Å². The smallest absolute Gasteiger partial charge is 0.416 e. The third-order valence-electron chi connectivity index (χ3n) is 3.08. The maximum Gasteiger partial charge on any atom is 0.416 e. The Hall–Kier alpha value is -2.81. The third-order valence-corrected chi connectivity index (χ3v) is 3.08. The second kappa shape index (κ2) is 5.90. The van der Waals surface area contributed by atoms with Crippen LogP contribution in [0.15, 0.2) is 36.4 Å². The quantitative estimate of drug-likeness (QED) is 0.803. The number of rotatable bonds is 3. The molecule has 22 heavy (non-hydrogen) atoms. The number of carbonyl (C=O) groups is 1. The first kappa shape index (κ1) is 15.6. The zero-order valence-electron chi connectivity index (χ0n) is 11.4. The second-order valence-electron chi connectivity index (χ2n) is 4.45. The van der Waals surface area contributed by atoms with Gasteiger partial charge in [0.25, 0.3) is 0 Å². The van der Waals surface area contributed by atoms with E-state index in [4.69, 9.17) is 10.00 Å². The summed E-state index contributed by atoms with van der Waals surface area (Å²) in [6, 6.07) is 9.29. The van der Waals surface area contributed by atoms with Gasteiger partial charge in [0.05, 0.1) is 29.9 Å². The van der Waals surface area contributed by atoms with E-state index in [0.717, 1.165) is 12.1 Å². The number of hydrogen-bond acceptors (Lipinski definition) is 3. The van der Waals surface area contributed by atoms with Crippen molar-refractivity contribution in [3.8, 4) is 22.9 Å². The Morgan fingerprint density at radius 2 is 1.95 bits per heavy atom. The van der Waals surface area contributed by atoms with Gasteiger partial charge in [-0.15, -0.1) is 0 Å². The highest BCUT2D eigenvalue weighted by atomic mass is 19.4. The SMILES string of the molecule is COc1c(C=O)cccc1-c1cc(C#N)cc(C(F)(F)F)c1. The van der Waals surface area contributed by atoms with Gasteiger partial charge in [-0.2, -0.15) is 18.4 Å². The monoisotopic (exact) mass is 305 g/mol. The van der Waals surface area contributed by atoms with Gasteiger partial charge in [0.15, 0.2) is 6.29 Å². The van der Waals surface area contributed by atoms with Crippen molar-refractivity contribution in [3.63, 3.8) is 0 Å². The average Bonchev–Trinajstić information content (AvgIpc) is 2.52. The number of aldehydes is 1. The van der Waals surface area contributed by atoms with Gasteiger partial charge in [-0.1, -0.05) is 12.1 Å². The van der Waals surface area contributed by atoms with E-state index in [1.807, 2.05) is 0 Å². The van der Waals surface area contributed by atoms with Crippen molar-refractivity contribution in [2.75, 3.05) is 7.11 Å². The van der Waals surface area contributed by atoms with E-state index < -0.39 is 11.7 Å². The zero-order chi connectivity index (χ0) is 16.3. The van der Waals surface area contributed by atoms with Gasteiger partial charge in [-0.25, -0.2) is 0 Å². The fraction of sp³-hybridized carbons (Fsp3) is 0.125. The molecule has 2 rings (SSSR count). The first-order valence-electron chi connectivity index (χ1n) is 6.15. The van der Waals surface area contributed by atoms with E-state index in [2.05, 4.69) is 0 Å². The van der Waals surface area contributed by atoms with E-state index in [1.54, 1.807) is 6.07 Å². The van der Waals surface area contributed by atoms with Crippen molar-refractivity contribution in [2.24, 2.45) is 0 Å². The van der Waals surface area contributed by atoms with Crippen LogP contribution in [0.5, 0.6) is 5.75 Å². The second-order valence-corrected chi connectivity index (χ2v) is 4.45. The molecular formula is C16H10F3NO2. The predicted molar refractivity (Wildman–Crippen MR) is 73.5 cm³/mol. The van der Waals surface area contributed by atoms with Crippen LogP contribution in [0.1, 0.15) is 21.5 Å². The minimum Gasteiger partial charge on any atom is -0.495 e. The molecule has 0 aliphatic carbocycles. The van der Waals surface area contributed by atoms with Crippen molar-refractivity contribution >= 4 is 6.29 Å². The minimum absolute atomic E-state index is 0.122. The Labute approximate surface area is 124 Å². The highest BCUT2D eigenvalue weighted by Gasteiger charge is 2.31. The lowest BCUT2D eigenvalue weighted by atomic mass is 9.97. The first-order chi connectivity index (χ1) is 10.4. The summed E-state index contributed by atoms with van der Waals surface area (Å²) in [6.07, 6.45) is -4.02. The number of para-hydroxylation sites is 1. The van der Waals surface area contributed by atoms with Crippen LogP contribution in [0.3, 0.4) is 0 Å².